The molecule has 1 atom stereocenters. The fourth-order valence-corrected chi connectivity index (χ4v) is 5.26. The molecular weight excluding hydrogens is 454 g/mol. The number of methoxy groups -OCH3 is 1. The molecule has 2 aromatic carbocycles. The first kappa shape index (κ1) is 24.0. The number of ether oxygens (including phenoxy) is 1. The molecule has 8 nitrogen and oxygen atoms in total. The van der Waals surface area contributed by atoms with E-state index in [9.17, 15) is 18.0 Å². The molecule has 1 saturated heterocycles. The van der Waals surface area contributed by atoms with Crippen molar-refractivity contribution in [2.45, 2.75) is 25.2 Å². The molecule has 1 N–H and O–H groups in total. The molecule has 0 unspecified atom stereocenters. The summed E-state index contributed by atoms with van der Waals surface area (Å²) in [5.74, 6) is -0.815. The molecule has 0 saturated carbocycles. The van der Waals surface area contributed by atoms with Crippen LogP contribution in [-0.4, -0.2) is 51.3 Å². The number of nitrogens with zero attached hydrogens (tertiary/aromatic N) is 2. The lowest BCUT2D eigenvalue weighted by atomic mass is 10.1. The summed E-state index contributed by atoms with van der Waals surface area (Å²) in [5, 5.41) is 3.30. The largest absolute Gasteiger partial charge is 0.495 e. The van der Waals surface area contributed by atoms with Gasteiger partial charge >= 0.3 is 0 Å². The Morgan fingerprint density at radius 2 is 1.84 bits per heavy atom. The Morgan fingerprint density at radius 1 is 1.19 bits per heavy atom. The number of carbonyl (C=O) groups excluding carboxylic acids is 2. The Morgan fingerprint density at radius 3 is 2.44 bits per heavy atom. The van der Waals surface area contributed by atoms with Gasteiger partial charge in [-0.25, -0.2) is 8.42 Å². The van der Waals surface area contributed by atoms with Crippen molar-refractivity contribution >= 4 is 44.8 Å². The average Bonchev–Trinajstić information content (AvgIpc) is 3.16. The molecular formula is C22H26ClN3O5S. The lowest BCUT2D eigenvalue weighted by Crippen LogP contribution is -2.31. The van der Waals surface area contributed by atoms with Crippen LogP contribution < -0.4 is 15.0 Å². The van der Waals surface area contributed by atoms with Crippen molar-refractivity contribution in [3.8, 4) is 5.75 Å². The van der Waals surface area contributed by atoms with Crippen LogP contribution in [0.3, 0.4) is 0 Å². The van der Waals surface area contributed by atoms with E-state index in [0.29, 0.717) is 29.5 Å². The predicted octanol–water partition coefficient (Wildman–Crippen LogP) is 3.37. The zero-order valence-electron chi connectivity index (χ0n) is 18.2. The van der Waals surface area contributed by atoms with Crippen LogP contribution >= 0.6 is 11.6 Å². The van der Waals surface area contributed by atoms with Gasteiger partial charge in [0.2, 0.25) is 21.8 Å². The molecule has 1 aliphatic heterocycles. The first-order valence-electron chi connectivity index (χ1n) is 10.3. The molecule has 0 aliphatic carbocycles. The van der Waals surface area contributed by atoms with Crippen LogP contribution in [0.1, 0.15) is 20.3 Å². The summed E-state index contributed by atoms with van der Waals surface area (Å²) in [4.78, 5) is 27.0. The number of rotatable bonds is 8. The van der Waals surface area contributed by atoms with Crippen molar-refractivity contribution < 1.29 is 22.7 Å². The van der Waals surface area contributed by atoms with Crippen LogP contribution in [0.2, 0.25) is 5.02 Å². The van der Waals surface area contributed by atoms with Crippen molar-refractivity contribution in [2.24, 2.45) is 5.92 Å². The molecule has 0 radical (unpaired) electrons. The summed E-state index contributed by atoms with van der Waals surface area (Å²) >= 11 is 5.91. The number of anilines is 2. The third-order valence-electron chi connectivity index (χ3n) is 5.41. The maximum absolute atomic E-state index is 12.9. The standard InChI is InChI=1S/C22H26ClN3O5S/c1-4-25(5-2)32(29,30)18-10-11-20(31-3)19(13-18)24-22(28)15-12-21(27)26(14-15)17-8-6-16(23)7-9-17/h6-11,13,15H,4-5,12,14H2,1-3H3,(H,24,28)/t15-/m0/s1. The van der Waals surface area contributed by atoms with Gasteiger partial charge < -0.3 is 15.0 Å². The maximum Gasteiger partial charge on any atom is 0.243 e. The van der Waals surface area contributed by atoms with Gasteiger partial charge in [-0.05, 0) is 42.5 Å². The molecule has 2 aromatic rings. The highest BCUT2D eigenvalue weighted by Crippen LogP contribution is 2.31. The highest BCUT2D eigenvalue weighted by atomic mass is 35.5. The molecule has 1 aliphatic rings. The topological polar surface area (TPSA) is 96.0 Å². The van der Waals surface area contributed by atoms with Crippen LogP contribution in [-0.2, 0) is 19.6 Å². The Labute approximate surface area is 193 Å². The van der Waals surface area contributed by atoms with Gasteiger partial charge in [-0.3, -0.25) is 9.59 Å². The van der Waals surface area contributed by atoms with Gasteiger partial charge in [0.15, 0.2) is 0 Å². The van der Waals surface area contributed by atoms with Gasteiger partial charge in [-0.2, -0.15) is 4.31 Å². The quantitative estimate of drug-likeness (QED) is 0.626. The minimum absolute atomic E-state index is 0.0498. The van der Waals surface area contributed by atoms with Crippen molar-refractivity contribution in [2.75, 3.05) is 37.0 Å². The van der Waals surface area contributed by atoms with E-state index >= 15 is 0 Å². The molecule has 172 valence electrons. The minimum atomic E-state index is -3.71. The number of sulfonamides is 1. The molecule has 0 spiro atoms. The second-order valence-electron chi connectivity index (χ2n) is 7.32. The normalized spacial score (nSPS) is 16.5. The van der Waals surface area contributed by atoms with E-state index in [2.05, 4.69) is 5.32 Å². The van der Waals surface area contributed by atoms with Gasteiger partial charge in [0.25, 0.3) is 0 Å². The zero-order valence-corrected chi connectivity index (χ0v) is 19.7. The highest BCUT2D eigenvalue weighted by molar-refractivity contribution is 7.89. The lowest BCUT2D eigenvalue weighted by molar-refractivity contribution is -0.122. The van der Waals surface area contributed by atoms with E-state index in [1.165, 1.54) is 29.6 Å². The summed E-state index contributed by atoms with van der Waals surface area (Å²) in [5.41, 5.74) is 0.905. The SMILES string of the molecule is CCN(CC)S(=O)(=O)c1ccc(OC)c(NC(=O)[C@H]2CC(=O)N(c3ccc(Cl)cc3)C2)c1. The summed E-state index contributed by atoms with van der Waals surface area (Å²) in [6.07, 6.45) is 0.0498. The Kier molecular flexibility index (Phi) is 7.43. The molecule has 32 heavy (non-hydrogen) atoms. The summed E-state index contributed by atoms with van der Waals surface area (Å²) in [6.45, 7) is 4.40. The first-order chi connectivity index (χ1) is 15.2. The molecule has 2 amide bonds. The van der Waals surface area contributed by atoms with Crippen LogP contribution in [0.4, 0.5) is 11.4 Å². The third kappa shape index (κ3) is 4.90. The van der Waals surface area contributed by atoms with Crippen LogP contribution in [0.5, 0.6) is 5.75 Å². The van der Waals surface area contributed by atoms with E-state index in [1.54, 1.807) is 43.0 Å². The van der Waals surface area contributed by atoms with E-state index in [-0.39, 0.29) is 35.4 Å². The molecule has 0 bridgehead atoms. The zero-order chi connectivity index (χ0) is 23.5. The summed E-state index contributed by atoms with van der Waals surface area (Å²) in [7, 11) is -2.27. The van der Waals surface area contributed by atoms with E-state index in [0.717, 1.165) is 0 Å². The van der Waals surface area contributed by atoms with Crippen molar-refractivity contribution in [3.63, 3.8) is 0 Å². The first-order valence-corrected chi connectivity index (χ1v) is 12.1. The van der Waals surface area contributed by atoms with Crippen LogP contribution in [0, 0.1) is 5.92 Å². The van der Waals surface area contributed by atoms with Crippen LogP contribution in [0.15, 0.2) is 47.4 Å². The summed E-state index contributed by atoms with van der Waals surface area (Å²) < 4.78 is 32.4. The predicted molar refractivity (Wildman–Crippen MR) is 124 cm³/mol. The lowest BCUT2D eigenvalue weighted by Gasteiger charge is -2.20. The van der Waals surface area contributed by atoms with E-state index in [4.69, 9.17) is 16.3 Å². The smallest absolute Gasteiger partial charge is 0.243 e. The minimum Gasteiger partial charge on any atom is -0.495 e. The second-order valence-corrected chi connectivity index (χ2v) is 9.70. The molecule has 10 heteroatoms. The number of hydrogen-bond donors (Lipinski definition) is 1. The number of halogens is 1. The van der Waals surface area contributed by atoms with E-state index < -0.39 is 15.9 Å². The van der Waals surface area contributed by atoms with Crippen molar-refractivity contribution in [3.05, 3.63) is 47.5 Å². The number of benzene rings is 2. The monoisotopic (exact) mass is 479 g/mol. The van der Waals surface area contributed by atoms with Gasteiger partial charge in [0.05, 0.1) is 23.6 Å². The molecule has 1 heterocycles. The molecule has 3 rings (SSSR count). The van der Waals surface area contributed by atoms with Gasteiger partial charge in [0.1, 0.15) is 5.75 Å². The highest BCUT2D eigenvalue weighted by Gasteiger charge is 2.35. The van der Waals surface area contributed by atoms with Crippen LogP contribution in [0.25, 0.3) is 0 Å². The number of hydrogen-bond acceptors (Lipinski definition) is 5. The Bertz CT molecular complexity index is 1100. The maximum atomic E-state index is 12.9. The Balaban J connectivity index is 1.81. The second kappa shape index (κ2) is 9.89. The Hall–Kier alpha value is -2.62. The summed E-state index contributed by atoms with van der Waals surface area (Å²) in [6, 6.07) is 11.2. The number of amides is 2. The molecule has 0 aromatic heterocycles. The van der Waals surface area contributed by atoms with E-state index in [1.807, 2.05) is 0 Å². The number of nitrogens with one attached hydrogen (secondary N) is 1. The molecule has 1 fully saturated rings. The fourth-order valence-electron chi connectivity index (χ4n) is 3.65. The van der Waals surface area contributed by atoms with Gasteiger partial charge in [0, 0.05) is 36.8 Å². The van der Waals surface area contributed by atoms with Gasteiger partial charge in [-0.15, -0.1) is 0 Å². The average molecular weight is 480 g/mol. The number of carbonyl (C=O) groups is 2. The van der Waals surface area contributed by atoms with Crippen molar-refractivity contribution in [1.29, 1.82) is 0 Å². The van der Waals surface area contributed by atoms with Gasteiger partial charge in [-0.1, -0.05) is 25.4 Å². The fraction of sp³-hybridized carbons (Fsp3) is 0.364. The van der Waals surface area contributed by atoms with Crippen molar-refractivity contribution in [1.82, 2.24) is 4.31 Å². The third-order valence-corrected chi connectivity index (χ3v) is 7.70.